The van der Waals surface area contributed by atoms with Crippen LogP contribution in [0.3, 0.4) is 0 Å². The number of hydrogen-bond acceptors (Lipinski definition) is 5. The van der Waals surface area contributed by atoms with Crippen molar-refractivity contribution >= 4 is 17.1 Å². The minimum Gasteiger partial charge on any atom is -0.494 e. The Morgan fingerprint density at radius 3 is 2.21 bits per heavy atom. The van der Waals surface area contributed by atoms with Crippen LogP contribution < -0.4 is 10.1 Å². The lowest BCUT2D eigenvalue weighted by Crippen LogP contribution is -2.58. The molecule has 0 radical (unpaired) electrons. The SMILES string of the molecule is CCCCOc1ccc(C2(C(F)(F)F)CC(c3ccc(C)cc3)=C(c3nnc(C(F)(F)F)o3)C(=O)N2)cc1. The second kappa shape index (κ2) is 10.1. The highest BCUT2D eigenvalue weighted by Crippen LogP contribution is 2.50. The Labute approximate surface area is 213 Å². The zero-order chi connectivity index (χ0) is 27.7. The van der Waals surface area contributed by atoms with Gasteiger partial charge in [0.15, 0.2) is 5.54 Å². The van der Waals surface area contributed by atoms with Crippen LogP contribution in [0.4, 0.5) is 26.3 Å². The van der Waals surface area contributed by atoms with Crippen LogP contribution in [0.5, 0.6) is 5.75 Å². The van der Waals surface area contributed by atoms with Gasteiger partial charge in [0, 0.05) is 6.42 Å². The molecule has 1 amide bonds. The standard InChI is InChI=1S/C26H23F6N3O3/c1-3-4-13-37-18-11-9-17(10-12-18)24(26(30,31)32)14-19(16-7-5-15(2)6-8-16)20(21(36)33-24)22-34-35-23(38-22)25(27,28)29/h5-12H,3-4,13-14H2,1-2H3,(H,33,36). The topological polar surface area (TPSA) is 77.2 Å². The number of benzene rings is 2. The third-order valence-electron chi connectivity index (χ3n) is 6.18. The predicted octanol–water partition coefficient (Wildman–Crippen LogP) is 6.46. The van der Waals surface area contributed by atoms with Crippen molar-refractivity contribution in [2.75, 3.05) is 6.61 Å². The molecule has 1 aliphatic heterocycles. The monoisotopic (exact) mass is 539 g/mol. The van der Waals surface area contributed by atoms with E-state index in [1.807, 2.05) is 12.2 Å². The molecule has 2 aromatic carbocycles. The molecule has 2 heterocycles. The summed E-state index contributed by atoms with van der Waals surface area (Å²) < 4.78 is 93.8. The van der Waals surface area contributed by atoms with Gasteiger partial charge in [-0.15, -0.1) is 10.2 Å². The van der Waals surface area contributed by atoms with E-state index in [1.54, 1.807) is 19.1 Å². The summed E-state index contributed by atoms with van der Waals surface area (Å²) >= 11 is 0. The maximum atomic E-state index is 14.8. The highest BCUT2D eigenvalue weighted by molar-refractivity contribution is 6.27. The summed E-state index contributed by atoms with van der Waals surface area (Å²) in [6, 6.07) is 11.4. The van der Waals surface area contributed by atoms with Gasteiger partial charge in [0.2, 0.25) is 0 Å². The minimum absolute atomic E-state index is 0.188. The van der Waals surface area contributed by atoms with E-state index in [0.717, 1.165) is 18.4 Å². The molecule has 0 bridgehead atoms. The molecule has 6 nitrogen and oxygen atoms in total. The number of nitrogens with zero attached hydrogens (tertiary/aromatic N) is 2. The Balaban J connectivity index is 1.86. The number of carbonyl (C=O) groups excluding carboxylic acids is 1. The Bertz CT molecular complexity index is 1330. The number of alkyl halides is 6. The van der Waals surface area contributed by atoms with Gasteiger partial charge in [0.25, 0.3) is 11.8 Å². The van der Waals surface area contributed by atoms with Gasteiger partial charge in [0.1, 0.15) is 11.3 Å². The van der Waals surface area contributed by atoms with Gasteiger partial charge in [-0.2, -0.15) is 26.3 Å². The van der Waals surface area contributed by atoms with E-state index in [0.29, 0.717) is 12.4 Å². The van der Waals surface area contributed by atoms with E-state index in [2.05, 4.69) is 10.2 Å². The van der Waals surface area contributed by atoms with Crippen molar-refractivity contribution in [3.63, 3.8) is 0 Å². The lowest BCUT2D eigenvalue weighted by atomic mass is 9.76. The van der Waals surface area contributed by atoms with Gasteiger partial charge in [-0.05, 0) is 42.2 Å². The van der Waals surface area contributed by atoms with Crippen molar-refractivity contribution in [1.29, 1.82) is 0 Å². The first-order valence-corrected chi connectivity index (χ1v) is 11.7. The largest absolute Gasteiger partial charge is 0.494 e. The van der Waals surface area contributed by atoms with Crippen molar-refractivity contribution in [2.45, 2.75) is 51.0 Å². The van der Waals surface area contributed by atoms with Crippen molar-refractivity contribution in [3.8, 4) is 5.75 Å². The molecule has 1 N–H and O–H groups in total. The normalized spacial score (nSPS) is 18.5. The molecule has 1 unspecified atom stereocenters. The van der Waals surface area contributed by atoms with Gasteiger partial charge >= 0.3 is 18.2 Å². The zero-order valence-corrected chi connectivity index (χ0v) is 20.3. The van der Waals surface area contributed by atoms with Gasteiger partial charge in [-0.25, -0.2) is 0 Å². The number of rotatable bonds is 7. The number of aromatic nitrogens is 2. The first-order chi connectivity index (χ1) is 17.9. The van der Waals surface area contributed by atoms with E-state index in [4.69, 9.17) is 9.15 Å². The summed E-state index contributed by atoms with van der Waals surface area (Å²) in [5, 5.41) is 8.25. The van der Waals surface area contributed by atoms with Crippen LogP contribution in [-0.2, 0) is 16.5 Å². The molecule has 1 aromatic heterocycles. The number of amides is 1. The molecule has 0 spiro atoms. The van der Waals surface area contributed by atoms with E-state index < -0.39 is 47.6 Å². The van der Waals surface area contributed by atoms with Crippen LogP contribution in [0, 0.1) is 6.92 Å². The highest BCUT2D eigenvalue weighted by atomic mass is 19.4. The maximum Gasteiger partial charge on any atom is 0.470 e. The number of hydrogen-bond donors (Lipinski definition) is 1. The third-order valence-corrected chi connectivity index (χ3v) is 6.18. The molecule has 12 heteroatoms. The fourth-order valence-corrected chi connectivity index (χ4v) is 4.14. The number of halogens is 6. The fraction of sp³-hybridized carbons (Fsp3) is 0.346. The van der Waals surface area contributed by atoms with Gasteiger partial charge in [0.05, 0.1) is 6.61 Å². The Kier molecular flexibility index (Phi) is 7.26. The summed E-state index contributed by atoms with van der Waals surface area (Å²) in [7, 11) is 0. The molecule has 0 saturated carbocycles. The van der Waals surface area contributed by atoms with Crippen LogP contribution in [-0.4, -0.2) is 28.9 Å². The molecular weight excluding hydrogens is 516 g/mol. The average Bonchev–Trinajstić information content (AvgIpc) is 3.34. The van der Waals surface area contributed by atoms with Gasteiger partial charge in [-0.1, -0.05) is 55.3 Å². The van der Waals surface area contributed by atoms with E-state index in [1.165, 1.54) is 36.4 Å². The molecule has 0 fully saturated rings. The summed E-state index contributed by atoms with van der Waals surface area (Å²) in [5.41, 5.74) is -2.92. The number of carbonyl (C=O) groups is 1. The number of aryl methyl sites for hydroxylation is 1. The third kappa shape index (κ3) is 5.25. The summed E-state index contributed by atoms with van der Waals surface area (Å²) in [4.78, 5) is 13.3. The van der Waals surface area contributed by atoms with Gasteiger partial charge < -0.3 is 14.5 Å². The highest BCUT2D eigenvalue weighted by Gasteiger charge is 2.60. The second-order valence-corrected chi connectivity index (χ2v) is 8.89. The first-order valence-electron chi connectivity index (χ1n) is 11.7. The first kappa shape index (κ1) is 27.2. The van der Waals surface area contributed by atoms with E-state index >= 15 is 0 Å². The lowest BCUT2D eigenvalue weighted by molar-refractivity contribution is -0.201. The Hall–Kier alpha value is -3.83. The second-order valence-electron chi connectivity index (χ2n) is 8.89. The van der Waals surface area contributed by atoms with Crippen LogP contribution in [0.1, 0.15) is 54.7 Å². The molecule has 0 aliphatic carbocycles. The summed E-state index contributed by atoms with van der Waals surface area (Å²) in [6.45, 7) is 4.12. The predicted molar refractivity (Wildman–Crippen MR) is 125 cm³/mol. The summed E-state index contributed by atoms with van der Waals surface area (Å²) in [6.07, 6.45) is -9.18. The van der Waals surface area contributed by atoms with Gasteiger partial charge in [-0.3, -0.25) is 4.79 Å². The fourth-order valence-electron chi connectivity index (χ4n) is 4.14. The number of ether oxygens (including phenoxy) is 1. The Morgan fingerprint density at radius 1 is 1.00 bits per heavy atom. The number of nitrogens with one attached hydrogen (secondary N) is 1. The summed E-state index contributed by atoms with van der Waals surface area (Å²) in [5.74, 6) is -3.49. The van der Waals surface area contributed by atoms with Crippen LogP contribution in [0.2, 0.25) is 0 Å². The Morgan fingerprint density at radius 2 is 1.66 bits per heavy atom. The van der Waals surface area contributed by atoms with Crippen LogP contribution in [0.25, 0.3) is 11.1 Å². The maximum absolute atomic E-state index is 14.8. The number of unbranched alkanes of at least 4 members (excludes halogenated alkanes) is 1. The molecule has 4 rings (SSSR count). The van der Waals surface area contributed by atoms with Crippen molar-refractivity contribution < 1.29 is 40.3 Å². The van der Waals surface area contributed by atoms with Crippen molar-refractivity contribution in [2.24, 2.45) is 0 Å². The molecule has 202 valence electrons. The molecule has 3 aromatic rings. The average molecular weight is 539 g/mol. The van der Waals surface area contributed by atoms with E-state index in [9.17, 15) is 31.1 Å². The van der Waals surface area contributed by atoms with Crippen molar-refractivity contribution in [1.82, 2.24) is 15.5 Å². The smallest absolute Gasteiger partial charge is 0.470 e. The van der Waals surface area contributed by atoms with Crippen LogP contribution in [0.15, 0.2) is 52.9 Å². The lowest BCUT2D eigenvalue weighted by Gasteiger charge is -2.41. The molecule has 38 heavy (non-hydrogen) atoms. The quantitative estimate of drug-likeness (QED) is 0.275. The van der Waals surface area contributed by atoms with E-state index in [-0.39, 0.29) is 16.7 Å². The molecule has 1 atom stereocenters. The van der Waals surface area contributed by atoms with Crippen molar-refractivity contribution in [3.05, 3.63) is 77.0 Å². The molecule has 1 aliphatic rings. The van der Waals surface area contributed by atoms with Crippen LogP contribution >= 0.6 is 0 Å². The molecule has 0 saturated heterocycles. The minimum atomic E-state index is -5.00. The molecular formula is C26H23F6N3O3. The zero-order valence-electron chi connectivity index (χ0n) is 20.3.